The fourth-order valence-corrected chi connectivity index (χ4v) is 2.39. The molecule has 4 nitrogen and oxygen atoms in total. The molecule has 19 heavy (non-hydrogen) atoms. The number of carbonyl (C=O) groups excluding carboxylic acids is 1. The van der Waals surface area contributed by atoms with E-state index in [1.807, 2.05) is 36.1 Å². The van der Waals surface area contributed by atoms with Crippen molar-refractivity contribution >= 4 is 5.91 Å². The van der Waals surface area contributed by atoms with E-state index in [0.29, 0.717) is 6.54 Å². The molecule has 1 aliphatic rings. The molecule has 1 aromatic rings. The molecule has 2 rings (SSSR count). The molecule has 1 saturated heterocycles. The van der Waals surface area contributed by atoms with Gasteiger partial charge in [-0.1, -0.05) is 17.7 Å². The Kier molecular flexibility index (Phi) is 4.56. The molecule has 0 spiro atoms. The lowest BCUT2D eigenvalue weighted by atomic mass is 10.1. The number of aliphatic hydroxyl groups excluding tert-OH is 1. The minimum absolute atomic E-state index is 0.108. The van der Waals surface area contributed by atoms with E-state index >= 15 is 0 Å². The van der Waals surface area contributed by atoms with Gasteiger partial charge in [0.25, 0.3) is 5.91 Å². The molecule has 0 aromatic heterocycles. The lowest BCUT2D eigenvalue weighted by Crippen LogP contribution is -2.50. The Bertz CT molecular complexity index is 420. The van der Waals surface area contributed by atoms with Gasteiger partial charge in [0.1, 0.15) is 0 Å². The van der Waals surface area contributed by atoms with Crippen LogP contribution in [0.25, 0.3) is 0 Å². The maximum Gasteiger partial charge on any atom is 0.253 e. The normalized spacial score (nSPS) is 18.4. The summed E-state index contributed by atoms with van der Waals surface area (Å²) >= 11 is 0. The number of carbonyl (C=O) groups is 1. The second kappa shape index (κ2) is 6.17. The SMILES string of the molecule is Cc1ccc(C(=O)N2CCN(CC(C)O)CC2)cc1. The zero-order valence-corrected chi connectivity index (χ0v) is 11.7. The van der Waals surface area contributed by atoms with Crippen LogP contribution in [-0.2, 0) is 0 Å². The molecule has 104 valence electrons. The van der Waals surface area contributed by atoms with Crippen LogP contribution < -0.4 is 0 Å². The van der Waals surface area contributed by atoms with Crippen LogP contribution in [0.5, 0.6) is 0 Å². The van der Waals surface area contributed by atoms with Crippen molar-refractivity contribution < 1.29 is 9.90 Å². The molecule has 1 heterocycles. The smallest absolute Gasteiger partial charge is 0.253 e. The predicted molar refractivity (Wildman–Crippen MR) is 75.2 cm³/mol. The molecule has 1 fully saturated rings. The Morgan fingerprint density at radius 2 is 1.79 bits per heavy atom. The Balaban J connectivity index is 1.90. The van der Waals surface area contributed by atoms with Gasteiger partial charge in [-0.2, -0.15) is 0 Å². The lowest BCUT2D eigenvalue weighted by molar-refractivity contribution is 0.0554. The maximum absolute atomic E-state index is 12.3. The quantitative estimate of drug-likeness (QED) is 0.888. The van der Waals surface area contributed by atoms with E-state index in [1.54, 1.807) is 6.92 Å². The Hall–Kier alpha value is -1.39. The van der Waals surface area contributed by atoms with Gasteiger partial charge in [-0.15, -0.1) is 0 Å². The second-order valence-electron chi connectivity index (χ2n) is 5.31. The van der Waals surface area contributed by atoms with E-state index in [9.17, 15) is 9.90 Å². The van der Waals surface area contributed by atoms with E-state index in [-0.39, 0.29) is 12.0 Å². The number of amides is 1. The first kappa shape index (κ1) is 14.0. The fraction of sp³-hybridized carbons (Fsp3) is 0.533. The number of rotatable bonds is 3. The van der Waals surface area contributed by atoms with E-state index in [4.69, 9.17) is 0 Å². The summed E-state index contributed by atoms with van der Waals surface area (Å²) < 4.78 is 0. The van der Waals surface area contributed by atoms with Gasteiger partial charge in [-0.3, -0.25) is 9.69 Å². The maximum atomic E-state index is 12.3. The van der Waals surface area contributed by atoms with Gasteiger partial charge in [-0.05, 0) is 26.0 Å². The number of hydrogen-bond donors (Lipinski definition) is 1. The third kappa shape index (κ3) is 3.78. The molecular formula is C15H22N2O2. The molecule has 0 saturated carbocycles. The van der Waals surface area contributed by atoms with E-state index in [0.717, 1.165) is 31.7 Å². The van der Waals surface area contributed by atoms with E-state index < -0.39 is 0 Å². The molecule has 4 heteroatoms. The third-order valence-corrected chi connectivity index (χ3v) is 3.48. The zero-order chi connectivity index (χ0) is 13.8. The van der Waals surface area contributed by atoms with Crippen LogP contribution in [0.2, 0.25) is 0 Å². The molecule has 1 unspecified atom stereocenters. The number of nitrogens with zero attached hydrogens (tertiary/aromatic N) is 2. The van der Waals surface area contributed by atoms with Gasteiger partial charge in [0, 0.05) is 38.3 Å². The highest BCUT2D eigenvalue weighted by Gasteiger charge is 2.22. The van der Waals surface area contributed by atoms with Crippen LogP contribution in [0, 0.1) is 6.92 Å². The number of β-amino-alcohol motifs (C(OH)–C–C–N with tert-alkyl or cyclic N) is 1. The van der Waals surface area contributed by atoms with Crippen molar-refractivity contribution in [2.24, 2.45) is 0 Å². The highest BCUT2D eigenvalue weighted by Crippen LogP contribution is 2.10. The number of benzene rings is 1. The molecule has 1 atom stereocenters. The standard InChI is InChI=1S/C15H22N2O2/c1-12-3-5-14(6-4-12)15(19)17-9-7-16(8-10-17)11-13(2)18/h3-6,13,18H,7-11H2,1-2H3. The summed E-state index contributed by atoms with van der Waals surface area (Å²) in [5.41, 5.74) is 1.92. The molecule has 0 bridgehead atoms. The van der Waals surface area contributed by atoms with Gasteiger partial charge in [0.05, 0.1) is 6.10 Å². The predicted octanol–water partition coefficient (Wildman–Crippen LogP) is 1.13. The van der Waals surface area contributed by atoms with Crippen LogP contribution in [0.3, 0.4) is 0 Å². The largest absolute Gasteiger partial charge is 0.392 e. The number of hydrogen-bond acceptors (Lipinski definition) is 3. The topological polar surface area (TPSA) is 43.8 Å². The third-order valence-electron chi connectivity index (χ3n) is 3.48. The minimum Gasteiger partial charge on any atom is -0.392 e. The van der Waals surface area contributed by atoms with E-state index in [2.05, 4.69) is 4.90 Å². The van der Waals surface area contributed by atoms with Crippen LogP contribution in [0.4, 0.5) is 0 Å². The Labute approximate surface area is 114 Å². The molecule has 1 N–H and O–H groups in total. The fourth-order valence-electron chi connectivity index (χ4n) is 2.39. The summed E-state index contributed by atoms with van der Waals surface area (Å²) in [6, 6.07) is 7.72. The molecular weight excluding hydrogens is 240 g/mol. The van der Waals surface area contributed by atoms with Gasteiger partial charge < -0.3 is 10.0 Å². The lowest BCUT2D eigenvalue weighted by Gasteiger charge is -2.35. The summed E-state index contributed by atoms with van der Waals surface area (Å²) in [4.78, 5) is 16.4. The van der Waals surface area contributed by atoms with Gasteiger partial charge >= 0.3 is 0 Å². The van der Waals surface area contributed by atoms with Crippen LogP contribution in [-0.4, -0.2) is 59.6 Å². The summed E-state index contributed by atoms with van der Waals surface area (Å²) in [5.74, 6) is 0.108. The minimum atomic E-state index is -0.306. The highest BCUT2D eigenvalue weighted by molar-refractivity contribution is 5.94. The van der Waals surface area contributed by atoms with Crippen molar-refractivity contribution in [3.8, 4) is 0 Å². The summed E-state index contributed by atoms with van der Waals surface area (Å²) in [6.45, 7) is 7.64. The highest BCUT2D eigenvalue weighted by atomic mass is 16.3. The molecule has 0 radical (unpaired) electrons. The molecule has 1 aliphatic heterocycles. The summed E-state index contributed by atoms with van der Waals surface area (Å²) in [7, 11) is 0. The average molecular weight is 262 g/mol. The first-order valence-corrected chi connectivity index (χ1v) is 6.82. The summed E-state index contributed by atoms with van der Waals surface area (Å²) in [5, 5.41) is 9.36. The first-order valence-electron chi connectivity index (χ1n) is 6.82. The molecule has 1 aromatic carbocycles. The Morgan fingerprint density at radius 1 is 1.21 bits per heavy atom. The van der Waals surface area contributed by atoms with Crippen molar-refractivity contribution in [2.45, 2.75) is 20.0 Å². The first-order chi connectivity index (χ1) is 9.06. The zero-order valence-electron chi connectivity index (χ0n) is 11.7. The van der Waals surface area contributed by atoms with Gasteiger partial charge in [-0.25, -0.2) is 0 Å². The second-order valence-corrected chi connectivity index (χ2v) is 5.31. The van der Waals surface area contributed by atoms with Crippen LogP contribution in [0.1, 0.15) is 22.8 Å². The summed E-state index contributed by atoms with van der Waals surface area (Å²) in [6.07, 6.45) is -0.306. The van der Waals surface area contributed by atoms with Crippen molar-refractivity contribution in [2.75, 3.05) is 32.7 Å². The number of aliphatic hydroxyl groups is 1. The van der Waals surface area contributed by atoms with Crippen molar-refractivity contribution in [1.29, 1.82) is 0 Å². The monoisotopic (exact) mass is 262 g/mol. The average Bonchev–Trinajstić information content (AvgIpc) is 2.39. The molecule has 0 aliphatic carbocycles. The van der Waals surface area contributed by atoms with Gasteiger partial charge in [0.2, 0.25) is 0 Å². The van der Waals surface area contributed by atoms with Crippen molar-refractivity contribution in [1.82, 2.24) is 9.80 Å². The Morgan fingerprint density at radius 3 is 2.32 bits per heavy atom. The van der Waals surface area contributed by atoms with Crippen molar-refractivity contribution in [3.63, 3.8) is 0 Å². The van der Waals surface area contributed by atoms with Gasteiger partial charge in [0.15, 0.2) is 0 Å². The molecule has 1 amide bonds. The van der Waals surface area contributed by atoms with E-state index in [1.165, 1.54) is 5.56 Å². The van der Waals surface area contributed by atoms with Crippen LogP contribution in [0.15, 0.2) is 24.3 Å². The number of piperazine rings is 1. The number of aryl methyl sites for hydroxylation is 1. The van der Waals surface area contributed by atoms with Crippen LogP contribution >= 0.6 is 0 Å². The van der Waals surface area contributed by atoms with Crippen molar-refractivity contribution in [3.05, 3.63) is 35.4 Å².